The third-order valence-corrected chi connectivity index (χ3v) is 8.13. The summed E-state index contributed by atoms with van der Waals surface area (Å²) in [6.07, 6.45) is 29.0. The van der Waals surface area contributed by atoms with E-state index in [4.69, 9.17) is 4.74 Å². The van der Waals surface area contributed by atoms with E-state index >= 15 is 0 Å². The number of methoxy groups -OCH3 is 1. The van der Waals surface area contributed by atoms with E-state index in [9.17, 15) is 4.79 Å². The molecule has 170 valence electrons. The number of nitrogens with one attached hydrogen (secondary N) is 2. The second-order valence-corrected chi connectivity index (χ2v) is 9.88. The summed E-state index contributed by atoms with van der Waals surface area (Å²) in [7, 11) is 1.69. The van der Waals surface area contributed by atoms with Crippen molar-refractivity contribution in [2.45, 2.75) is 44.6 Å². The Labute approximate surface area is 196 Å². The Morgan fingerprint density at radius 3 is 2.70 bits per heavy atom. The van der Waals surface area contributed by atoms with Crippen LogP contribution in [0.5, 0.6) is 0 Å². The Hall–Kier alpha value is -3.01. The zero-order valence-corrected chi connectivity index (χ0v) is 19.2. The summed E-state index contributed by atoms with van der Waals surface area (Å²) in [6.45, 7) is 0. The lowest BCUT2D eigenvalue weighted by Crippen LogP contribution is -2.46. The highest BCUT2D eigenvalue weighted by atomic mass is 16.5. The molecule has 1 heterocycles. The van der Waals surface area contributed by atoms with Crippen LogP contribution in [0.25, 0.3) is 0 Å². The number of hydrogen-bond acceptors (Lipinski definition) is 4. The van der Waals surface area contributed by atoms with Crippen molar-refractivity contribution < 1.29 is 9.53 Å². The Bertz CT molecular complexity index is 1110. The van der Waals surface area contributed by atoms with Crippen LogP contribution in [0.4, 0.5) is 0 Å². The number of ether oxygens (including phenoxy) is 1. The summed E-state index contributed by atoms with van der Waals surface area (Å²) in [6, 6.07) is 0.0184. The van der Waals surface area contributed by atoms with Gasteiger partial charge in [0, 0.05) is 17.6 Å². The van der Waals surface area contributed by atoms with Gasteiger partial charge in [0.2, 0.25) is 0 Å². The molecule has 0 fully saturated rings. The molecule has 0 aromatic heterocycles. The Balaban J connectivity index is 1.43. The second-order valence-electron chi connectivity index (χ2n) is 9.88. The molecule has 5 unspecified atom stereocenters. The molecule has 0 saturated carbocycles. The van der Waals surface area contributed by atoms with Gasteiger partial charge in [-0.25, -0.2) is 0 Å². The van der Waals surface area contributed by atoms with Crippen LogP contribution in [0.2, 0.25) is 0 Å². The predicted molar refractivity (Wildman–Crippen MR) is 131 cm³/mol. The van der Waals surface area contributed by atoms with Crippen molar-refractivity contribution in [3.05, 3.63) is 94.8 Å². The fraction of sp³-hybridized carbons (Fsp3) is 0.414. The van der Waals surface area contributed by atoms with E-state index in [0.717, 1.165) is 49.4 Å². The fourth-order valence-corrected chi connectivity index (χ4v) is 6.54. The van der Waals surface area contributed by atoms with E-state index in [1.165, 1.54) is 23.1 Å². The number of carbonyl (C=O) groups excluding carboxylic acids is 1. The van der Waals surface area contributed by atoms with E-state index in [1.54, 1.807) is 13.2 Å². The minimum absolute atomic E-state index is 0.0184. The third-order valence-electron chi connectivity index (χ3n) is 8.13. The normalized spacial score (nSPS) is 36.8. The van der Waals surface area contributed by atoms with Gasteiger partial charge in [-0.05, 0) is 79.1 Å². The van der Waals surface area contributed by atoms with Crippen LogP contribution >= 0.6 is 0 Å². The molecule has 5 atom stereocenters. The van der Waals surface area contributed by atoms with Crippen LogP contribution in [-0.4, -0.2) is 18.9 Å². The minimum Gasteiger partial charge on any atom is -0.482 e. The van der Waals surface area contributed by atoms with Crippen molar-refractivity contribution in [2.24, 2.45) is 23.7 Å². The minimum atomic E-state index is 0.0184. The molecule has 33 heavy (non-hydrogen) atoms. The van der Waals surface area contributed by atoms with Gasteiger partial charge in [0.05, 0.1) is 13.2 Å². The molecule has 0 bridgehead atoms. The van der Waals surface area contributed by atoms with Crippen molar-refractivity contribution >= 4 is 5.78 Å². The first kappa shape index (κ1) is 20.6. The number of fused-ring (bicyclic) bond motifs is 4. The number of rotatable bonds is 2. The molecular formula is C29H32N2O2. The van der Waals surface area contributed by atoms with Crippen molar-refractivity contribution in [1.29, 1.82) is 0 Å². The van der Waals surface area contributed by atoms with Gasteiger partial charge in [0.25, 0.3) is 0 Å². The van der Waals surface area contributed by atoms with Gasteiger partial charge in [0.15, 0.2) is 11.7 Å². The van der Waals surface area contributed by atoms with Gasteiger partial charge < -0.3 is 15.4 Å². The third kappa shape index (κ3) is 3.56. The van der Waals surface area contributed by atoms with E-state index in [1.807, 2.05) is 6.08 Å². The van der Waals surface area contributed by atoms with Crippen LogP contribution in [0, 0.1) is 23.7 Å². The molecule has 4 heteroatoms. The van der Waals surface area contributed by atoms with Crippen molar-refractivity contribution in [1.82, 2.24) is 10.6 Å². The number of ketones is 1. The fourth-order valence-electron chi connectivity index (χ4n) is 6.54. The first-order valence-electron chi connectivity index (χ1n) is 12.4. The van der Waals surface area contributed by atoms with Crippen molar-refractivity contribution in [2.75, 3.05) is 7.11 Å². The summed E-state index contributed by atoms with van der Waals surface area (Å²) in [4.78, 5) is 12.6. The summed E-state index contributed by atoms with van der Waals surface area (Å²) < 4.78 is 5.67. The van der Waals surface area contributed by atoms with Crippen LogP contribution < -0.4 is 10.6 Å². The molecule has 0 saturated heterocycles. The van der Waals surface area contributed by atoms with Crippen LogP contribution in [0.3, 0.4) is 0 Å². The van der Waals surface area contributed by atoms with Crippen LogP contribution in [0.15, 0.2) is 94.8 Å². The molecule has 0 amide bonds. The molecule has 5 aliphatic carbocycles. The van der Waals surface area contributed by atoms with Crippen molar-refractivity contribution in [3.63, 3.8) is 0 Å². The zero-order valence-electron chi connectivity index (χ0n) is 19.2. The molecule has 0 aromatic rings. The number of hydrogen-bond donors (Lipinski definition) is 2. The maximum absolute atomic E-state index is 12.6. The molecule has 4 nitrogen and oxygen atoms in total. The Morgan fingerprint density at radius 2 is 1.82 bits per heavy atom. The standard InChI is InChI=1S/C29H32N2O2/c1-33-28-17-26(30-29(31-28)23-12-6-7-13-27(23)32)25-16-24-19-9-3-2-8-18(19)14-15-22(24)20-10-4-5-11-21(20)25/h3-4,7,9-10,13-17,20-22,24,26,30-31H,2,5-6,8,11-12H2,1H3. The average Bonchev–Trinajstić information content (AvgIpc) is 2.88. The first-order chi connectivity index (χ1) is 16.2. The van der Waals surface area contributed by atoms with E-state index in [2.05, 4.69) is 59.2 Å². The van der Waals surface area contributed by atoms with Crippen molar-refractivity contribution in [3.8, 4) is 0 Å². The topological polar surface area (TPSA) is 50.4 Å². The van der Waals surface area contributed by atoms with Gasteiger partial charge in [-0.3, -0.25) is 4.79 Å². The molecule has 1 aliphatic heterocycles. The van der Waals surface area contributed by atoms with Crippen LogP contribution in [-0.2, 0) is 9.53 Å². The smallest absolute Gasteiger partial charge is 0.190 e. The maximum atomic E-state index is 12.6. The highest BCUT2D eigenvalue weighted by Crippen LogP contribution is 2.51. The van der Waals surface area contributed by atoms with E-state index < -0.39 is 0 Å². The molecule has 6 aliphatic rings. The van der Waals surface area contributed by atoms with Gasteiger partial charge in [-0.1, -0.05) is 48.6 Å². The zero-order chi connectivity index (χ0) is 22.4. The SMILES string of the molecule is COC1=CC(C2=CC3C4=C(C=CC3C3C=CCCC23)CCC=C4)NC(=C2CCC=CC2=O)N1. The monoisotopic (exact) mass is 440 g/mol. The average molecular weight is 441 g/mol. The molecule has 0 aromatic carbocycles. The van der Waals surface area contributed by atoms with E-state index in [0.29, 0.717) is 23.7 Å². The Kier molecular flexibility index (Phi) is 5.24. The predicted octanol–water partition coefficient (Wildman–Crippen LogP) is 5.14. The number of carbonyl (C=O) groups is 1. The Morgan fingerprint density at radius 1 is 0.939 bits per heavy atom. The van der Waals surface area contributed by atoms with Gasteiger partial charge in [-0.15, -0.1) is 0 Å². The quantitative estimate of drug-likeness (QED) is 0.461. The molecular weight excluding hydrogens is 408 g/mol. The molecule has 0 radical (unpaired) electrons. The van der Waals surface area contributed by atoms with Gasteiger partial charge >= 0.3 is 0 Å². The molecule has 6 rings (SSSR count). The maximum Gasteiger partial charge on any atom is 0.190 e. The number of allylic oxidation sites excluding steroid dienone is 12. The van der Waals surface area contributed by atoms with Crippen LogP contribution in [0.1, 0.15) is 38.5 Å². The molecule has 2 N–H and O–H groups in total. The van der Waals surface area contributed by atoms with Gasteiger partial charge in [0.1, 0.15) is 5.82 Å². The van der Waals surface area contributed by atoms with E-state index in [-0.39, 0.29) is 11.8 Å². The first-order valence-corrected chi connectivity index (χ1v) is 12.4. The summed E-state index contributed by atoms with van der Waals surface area (Å²) in [5.41, 5.74) is 5.26. The lowest BCUT2D eigenvalue weighted by atomic mass is 9.59. The summed E-state index contributed by atoms with van der Waals surface area (Å²) >= 11 is 0. The van der Waals surface area contributed by atoms with Gasteiger partial charge in [-0.2, -0.15) is 0 Å². The lowest BCUT2D eigenvalue weighted by molar-refractivity contribution is -0.111. The summed E-state index contributed by atoms with van der Waals surface area (Å²) in [5.74, 6) is 3.54. The largest absolute Gasteiger partial charge is 0.482 e. The highest BCUT2D eigenvalue weighted by molar-refractivity contribution is 6.05. The lowest BCUT2D eigenvalue weighted by Gasteiger charge is -2.46. The second kappa shape index (κ2) is 8.40. The highest BCUT2D eigenvalue weighted by Gasteiger charge is 2.43. The summed E-state index contributed by atoms with van der Waals surface area (Å²) in [5, 5.41) is 7.03. The molecule has 0 spiro atoms.